The Hall–Kier alpha value is -2.61. The third-order valence-corrected chi connectivity index (χ3v) is 4.57. The number of hydrogen-bond acceptors (Lipinski definition) is 4. The molecule has 1 aromatic carbocycles. The lowest BCUT2D eigenvalue weighted by Gasteiger charge is -2.29. The number of aromatic nitrogens is 1. The van der Waals surface area contributed by atoms with Crippen molar-refractivity contribution >= 4 is 22.5 Å². The van der Waals surface area contributed by atoms with Gasteiger partial charge in [0.2, 0.25) is 5.91 Å². The molecule has 3 rings (SSSR count). The monoisotopic (exact) mass is 336 g/mol. The van der Waals surface area contributed by atoms with Gasteiger partial charge < -0.3 is 9.80 Å². The van der Waals surface area contributed by atoms with Crippen molar-refractivity contribution in [3.8, 4) is 6.07 Å². The van der Waals surface area contributed by atoms with Crippen molar-refractivity contribution in [2.45, 2.75) is 27.2 Å². The minimum Gasteiger partial charge on any atom is -0.369 e. The molecule has 25 heavy (non-hydrogen) atoms. The summed E-state index contributed by atoms with van der Waals surface area (Å²) in [5.41, 5.74) is 1.95. The van der Waals surface area contributed by atoms with E-state index >= 15 is 0 Å². The maximum Gasteiger partial charge on any atom is 0.228 e. The number of nitrogens with zero attached hydrogens (tertiary/aromatic N) is 4. The molecule has 0 saturated carbocycles. The zero-order chi connectivity index (χ0) is 18.0. The summed E-state index contributed by atoms with van der Waals surface area (Å²) in [4.78, 5) is 21.2. The minimum absolute atomic E-state index is 0.201. The molecule has 130 valence electrons. The van der Waals surface area contributed by atoms with Gasteiger partial charge in [-0.05, 0) is 18.6 Å². The molecule has 0 N–H and O–H groups in total. The van der Waals surface area contributed by atoms with Gasteiger partial charge in [-0.15, -0.1) is 0 Å². The molecule has 1 amide bonds. The Morgan fingerprint density at radius 1 is 1.16 bits per heavy atom. The van der Waals surface area contributed by atoms with Gasteiger partial charge in [0.1, 0.15) is 11.8 Å². The summed E-state index contributed by atoms with van der Waals surface area (Å²) < 4.78 is 0. The Labute approximate surface area is 148 Å². The molecule has 1 aliphatic heterocycles. The van der Waals surface area contributed by atoms with E-state index in [9.17, 15) is 10.1 Å². The highest BCUT2D eigenvalue weighted by molar-refractivity contribution is 5.92. The lowest BCUT2D eigenvalue weighted by molar-refractivity contribution is -0.139. The van der Waals surface area contributed by atoms with Crippen LogP contribution in [-0.2, 0) is 4.79 Å². The van der Waals surface area contributed by atoms with Crippen LogP contribution in [0.2, 0.25) is 0 Å². The fraction of sp³-hybridized carbons (Fsp3) is 0.450. The van der Waals surface area contributed by atoms with Crippen molar-refractivity contribution in [1.29, 1.82) is 5.26 Å². The second kappa shape index (κ2) is 6.72. The first-order valence-electron chi connectivity index (χ1n) is 8.74. The maximum absolute atomic E-state index is 12.6. The first-order chi connectivity index (χ1) is 11.9. The largest absolute Gasteiger partial charge is 0.369 e. The standard InChI is InChI=1S/C20H24N4O/c1-20(2,3)19(25)24-10-6-9-23(11-12-24)18-13-15(14-21)22-17-8-5-4-7-16(17)18/h4-5,7-8,13H,6,9-12H2,1-3H3. The molecular formula is C20H24N4O. The number of fused-ring (bicyclic) bond motifs is 1. The molecule has 0 unspecified atom stereocenters. The molecule has 0 aliphatic carbocycles. The van der Waals surface area contributed by atoms with E-state index in [2.05, 4.69) is 16.0 Å². The highest BCUT2D eigenvalue weighted by Crippen LogP contribution is 2.28. The fourth-order valence-electron chi connectivity index (χ4n) is 3.31. The number of benzene rings is 1. The average molecular weight is 336 g/mol. The molecule has 1 saturated heterocycles. The van der Waals surface area contributed by atoms with Crippen molar-refractivity contribution in [3.05, 3.63) is 36.0 Å². The summed E-state index contributed by atoms with van der Waals surface area (Å²) in [6.07, 6.45) is 0.917. The van der Waals surface area contributed by atoms with E-state index in [1.807, 2.05) is 56.0 Å². The lowest BCUT2D eigenvalue weighted by Crippen LogP contribution is -2.41. The first kappa shape index (κ1) is 17.2. The number of nitriles is 1. The number of carbonyl (C=O) groups excluding carboxylic acids is 1. The normalized spacial score (nSPS) is 15.8. The Kier molecular flexibility index (Phi) is 4.63. The Balaban J connectivity index is 1.90. The molecule has 5 nitrogen and oxygen atoms in total. The fourth-order valence-corrected chi connectivity index (χ4v) is 3.31. The Morgan fingerprint density at radius 2 is 1.92 bits per heavy atom. The molecule has 0 atom stereocenters. The number of hydrogen-bond donors (Lipinski definition) is 0. The highest BCUT2D eigenvalue weighted by Gasteiger charge is 2.28. The molecule has 2 aromatic rings. The summed E-state index contributed by atoms with van der Waals surface area (Å²) >= 11 is 0. The molecule has 2 heterocycles. The smallest absolute Gasteiger partial charge is 0.228 e. The van der Waals surface area contributed by atoms with E-state index in [1.54, 1.807) is 0 Å². The third kappa shape index (κ3) is 3.58. The summed E-state index contributed by atoms with van der Waals surface area (Å²) in [6, 6.07) is 11.9. The number of anilines is 1. The zero-order valence-corrected chi connectivity index (χ0v) is 15.1. The van der Waals surface area contributed by atoms with Gasteiger partial charge in [-0.2, -0.15) is 5.26 Å². The van der Waals surface area contributed by atoms with Crippen LogP contribution in [-0.4, -0.2) is 42.0 Å². The molecule has 5 heteroatoms. The quantitative estimate of drug-likeness (QED) is 0.802. The zero-order valence-electron chi connectivity index (χ0n) is 15.1. The predicted octanol–water partition coefficient (Wildman–Crippen LogP) is 3.19. The van der Waals surface area contributed by atoms with Crippen LogP contribution in [0.5, 0.6) is 0 Å². The van der Waals surface area contributed by atoms with Gasteiger partial charge in [0.05, 0.1) is 5.52 Å². The van der Waals surface area contributed by atoms with Gasteiger partial charge in [-0.25, -0.2) is 4.98 Å². The highest BCUT2D eigenvalue weighted by atomic mass is 16.2. The van der Waals surface area contributed by atoms with Crippen molar-refractivity contribution in [2.24, 2.45) is 5.41 Å². The van der Waals surface area contributed by atoms with Crippen molar-refractivity contribution < 1.29 is 4.79 Å². The van der Waals surface area contributed by atoms with Crippen molar-refractivity contribution in [2.75, 3.05) is 31.1 Å². The van der Waals surface area contributed by atoms with Crippen LogP contribution in [0, 0.1) is 16.7 Å². The second-order valence-electron chi connectivity index (χ2n) is 7.54. The summed E-state index contributed by atoms with van der Waals surface area (Å²) in [5.74, 6) is 0.201. The van der Waals surface area contributed by atoms with Crippen LogP contribution in [0.3, 0.4) is 0 Å². The SMILES string of the molecule is CC(C)(C)C(=O)N1CCCN(c2cc(C#N)nc3ccccc23)CC1. The van der Waals surface area contributed by atoms with E-state index in [0.717, 1.165) is 42.6 Å². The van der Waals surface area contributed by atoms with Crippen LogP contribution in [0.25, 0.3) is 10.9 Å². The average Bonchev–Trinajstić information content (AvgIpc) is 2.85. The molecule has 1 aliphatic rings. The van der Waals surface area contributed by atoms with Gasteiger partial charge in [-0.3, -0.25) is 4.79 Å². The Bertz CT molecular complexity index is 832. The first-order valence-corrected chi connectivity index (χ1v) is 8.74. The van der Waals surface area contributed by atoms with Crippen LogP contribution in [0.4, 0.5) is 5.69 Å². The molecule has 1 fully saturated rings. The van der Waals surface area contributed by atoms with Crippen molar-refractivity contribution in [1.82, 2.24) is 9.88 Å². The van der Waals surface area contributed by atoms with E-state index in [0.29, 0.717) is 12.2 Å². The second-order valence-corrected chi connectivity index (χ2v) is 7.54. The van der Waals surface area contributed by atoms with Gasteiger partial charge >= 0.3 is 0 Å². The molecule has 0 spiro atoms. The molecule has 1 aromatic heterocycles. The summed E-state index contributed by atoms with van der Waals surface area (Å²) in [7, 11) is 0. The van der Waals surface area contributed by atoms with E-state index < -0.39 is 0 Å². The number of rotatable bonds is 1. The van der Waals surface area contributed by atoms with Crippen LogP contribution < -0.4 is 4.90 Å². The minimum atomic E-state index is -0.355. The number of para-hydroxylation sites is 1. The van der Waals surface area contributed by atoms with E-state index in [4.69, 9.17) is 0 Å². The predicted molar refractivity (Wildman–Crippen MR) is 99.3 cm³/mol. The maximum atomic E-state index is 12.6. The molecular weight excluding hydrogens is 312 g/mol. The summed E-state index contributed by atoms with van der Waals surface area (Å²) in [6.45, 7) is 9.01. The number of carbonyl (C=O) groups is 1. The molecule has 0 bridgehead atoms. The van der Waals surface area contributed by atoms with Gasteiger partial charge in [0.25, 0.3) is 0 Å². The van der Waals surface area contributed by atoms with Crippen LogP contribution in [0.1, 0.15) is 32.9 Å². The number of amides is 1. The lowest BCUT2D eigenvalue weighted by atomic mass is 9.94. The molecule has 0 radical (unpaired) electrons. The van der Waals surface area contributed by atoms with E-state index in [-0.39, 0.29) is 11.3 Å². The van der Waals surface area contributed by atoms with Crippen LogP contribution in [0.15, 0.2) is 30.3 Å². The van der Waals surface area contributed by atoms with Gasteiger partial charge in [0.15, 0.2) is 0 Å². The topological polar surface area (TPSA) is 60.2 Å². The van der Waals surface area contributed by atoms with E-state index in [1.165, 1.54) is 0 Å². The van der Waals surface area contributed by atoms with Crippen LogP contribution >= 0.6 is 0 Å². The van der Waals surface area contributed by atoms with Crippen molar-refractivity contribution in [3.63, 3.8) is 0 Å². The number of pyridine rings is 1. The summed E-state index contributed by atoms with van der Waals surface area (Å²) in [5, 5.41) is 10.3. The third-order valence-electron chi connectivity index (χ3n) is 4.57. The van der Waals surface area contributed by atoms with Gasteiger partial charge in [-0.1, -0.05) is 39.0 Å². The Morgan fingerprint density at radius 3 is 2.64 bits per heavy atom. The van der Waals surface area contributed by atoms with Gasteiger partial charge in [0, 0.05) is 42.7 Å².